The highest BCUT2D eigenvalue weighted by molar-refractivity contribution is 5.45. The Bertz CT molecular complexity index is 746. The molecular formula is C20H26N4O2. The van der Waals surface area contributed by atoms with Gasteiger partial charge in [0.05, 0.1) is 6.10 Å². The van der Waals surface area contributed by atoms with Gasteiger partial charge < -0.3 is 19.6 Å². The van der Waals surface area contributed by atoms with Crippen LogP contribution < -0.4 is 14.5 Å². The van der Waals surface area contributed by atoms with Crippen molar-refractivity contribution in [2.24, 2.45) is 0 Å². The van der Waals surface area contributed by atoms with Crippen molar-refractivity contribution in [3.05, 3.63) is 42.1 Å². The van der Waals surface area contributed by atoms with Crippen molar-refractivity contribution in [3.63, 3.8) is 0 Å². The molecule has 0 unspecified atom stereocenters. The molecular weight excluding hydrogens is 328 g/mol. The Morgan fingerprint density at radius 3 is 2.62 bits per heavy atom. The smallest absolute Gasteiger partial charge is 0.227 e. The van der Waals surface area contributed by atoms with Crippen LogP contribution in [0.25, 0.3) is 0 Å². The maximum atomic E-state index is 9.74. The SMILES string of the molecule is Cc1cccc(OC2CCN(c3nccc(N4CC[C@H](O)C4)n3)CC2)c1. The van der Waals surface area contributed by atoms with Gasteiger partial charge in [-0.15, -0.1) is 0 Å². The Morgan fingerprint density at radius 1 is 1.08 bits per heavy atom. The van der Waals surface area contributed by atoms with Crippen molar-refractivity contribution in [2.45, 2.75) is 38.4 Å². The number of ether oxygens (including phenoxy) is 1. The average Bonchev–Trinajstić information content (AvgIpc) is 3.09. The van der Waals surface area contributed by atoms with Gasteiger partial charge in [0.25, 0.3) is 0 Å². The topological polar surface area (TPSA) is 61.7 Å². The number of aromatic nitrogens is 2. The third kappa shape index (κ3) is 3.90. The fourth-order valence-corrected chi connectivity index (χ4v) is 3.67. The van der Waals surface area contributed by atoms with Crippen LogP contribution in [0, 0.1) is 6.92 Å². The van der Waals surface area contributed by atoms with Crippen LogP contribution in [0.15, 0.2) is 36.5 Å². The number of aryl methyl sites for hydroxylation is 1. The van der Waals surface area contributed by atoms with E-state index in [1.54, 1.807) is 0 Å². The highest BCUT2D eigenvalue weighted by atomic mass is 16.5. The lowest BCUT2D eigenvalue weighted by atomic mass is 10.1. The van der Waals surface area contributed by atoms with E-state index in [0.717, 1.165) is 56.4 Å². The van der Waals surface area contributed by atoms with Crippen LogP contribution >= 0.6 is 0 Å². The molecule has 1 aromatic carbocycles. The van der Waals surface area contributed by atoms with Gasteiger partial charge in [0.1, 0.15) is 17.7 Å². The minimum Gasteiger partial charge on any atom is -0.490 e. The van der Waals surface area contributed by atoms with Crippen LogP contribution in [0.1, 0.15) is 24.8 Å². The first kappa shape index (κ1) is 17.1. The molecule has 1 aromatic heterocycles. The van der Waals surface area contributed by atoms with Crippen molar-refractivity contribution >= 4 is 11.8 Å². The minimum absolute atomic E-state index is 0.241. The van der Waals surface area contributed by atoms with Gasteiger partial charge in [-0.05, 0) is 37.1 Å². The van der Waals surface area contributed by atoms with E-state index in [9.17, 15) is 5.11 Å². The molecule has 1 atom stereocenters. The Balaban J connectivity index is 1.36. The summed E-state index contributed by atoms with van der Waals surface area (Å²) in [5, 5.41) is 9.74. The molecule has 3 heterocycles. The van der Waals surface area contributed by atoms with Crippen LogP contribution in [0.5, 0.6) is 5.75 Å². The lowest BCUT2D eigenvalue weighted by Gasteiger charge is -2.32. The monoisotopic (exact) mass is 354 g/mol. The van der Waals surface area contributed by atoms with Crippen molar-refractivity contribution in [3.8, 4) is 5.75 Å². The van der Waals surface area contributed by atoms with Gasteiger partial charge in [-0.25, -0.2) is 4.98 Å². The molecule has 0 amide bonds. The number of piperidine rings is 1. The lowest BCUT2D eigenvalue weighted by Crippen LogP contribution is -2.39. The fraction of sp³-hybridized carbons (Fsp3) is 0.500. The summed E-state index contributed by atoms with van der Waals surface area (Å²) in [5.74, 6) is 2.64. The first-order chi connectivity index (χ1) is 12.7. The molecule has 2 aliphatic rings. The molecule has 0 aliphatic carbocycles. The quantitative estimate of drug-likeness (QED) is 0.910. The van der Waals surface area contributed by atoms with Gasteiger partial charge >= 0.3 is 0 Å². The average molecular weight is 354 g/mol. The van der Waals surface area contributed by atoms with Crippen molar-refractivity contribution in [1.29, 1.82) is 0 Å². The summed E-state index contributed by atoms with van der Waals surface area (Å²) in [6.07, 6.45) is 4.54. The highest BCUT2D eigenvalue weighted by Gasteiger charge is 2.25. The number of aliphatic hydroxyl groups is 1. The van der Waals surface area contributed by atoms with E-state index in [0.29, 0.717) is 6.54 Å². The van der Waals surface area contributed by atoms with Gasteiger partial charge in [0, 0.05) is 45.2 Å². The van der Waals surface area contributed by atoms with Crippen LogP contribution in [0.3, 0.4) is 0 Å². The van der Waals surface area contributed by atoms with E-state index in [-0.39, 0.29) is 12.2 Å². The van der Waals surface area contributed by atoms with Gasteiger partial charge in [-0.2, -0.15) is 4.98 Å². The Morgan fingerprint density at radius 2 is 1.88 bits per heavy atom. The van der Waals surface area contributed by atoms with E-state index >= 15 is 0 Å². The van der Waals surface area contributed by atoms with Gasteiger partial charge in [-0.1, -0.05) is 12.1 Å². The molecule has 2 fully saturated rings. The number of benzene rings is 1. The molecule has 26 heavy (non-hydrogen) atoms. The van der Waals surface area contributed by atoms with E-state index < -0.39 is 0 Å². The van der Waals surface area contributed by atoms with Crippen molar-refractivity contribution in [1.82, 2.24) is 9.97 Å². The molecule has 2 aromatic rings. The Hall–Kier alpha value is -2.34. The van der Waals surface area contributed by atoms with Crippen molar-refractivity contribution < 1.29 is 9.84 Å². The molecule has 0 saturated carbocycles. The van der Waals surface area contributed by atoms with E-state index in [1.165, 1.54) is 5.56 Å². The standard InChI is InChI=1S/C20H26N4O2/c1-15-3-2-4-18(13-15)26-17-7-11-23(12-8-17)20-21-9-5-19(22-20)24-10-6-16(25)14-24/h2-5,9,13,16-17,25H,6-8,10-12,14H2,1H3/t16-/m0/s1. The Kier molecular flexibility index (Phi) is 4.93. The maximum absolute atomic E-state index is 9.74. The Labute approximate surface area is 154 Å². The van der Waals surface area contributed by atoms with E-state index in [2.05, 4.69) is 33.8 Å². The highest BCUT2D eigenvalue weighted by Crippen LogP contribution is 2.24. The number of anilines is 2. The van der Waals surface area contributed by atoms with Crippen molar-refractivity contribution in [2.75, 3.05) is 36.0 Å². The third-order valence-electron chi connectivity index (χ3n) is 5.13. The van der Waals surface area contributed by atoms with Crippen LogP contribution in [0.2, 0.25) is 0 Å². The van der Waals surface area contributed by atoms with E-state index in [4.69, 9.17) is 9.72 Å². The molecule has 0 radical (unpaired) electrons. The molecule has 2 aliphatic heterocycles. The summed E-state index contributed by atoms with van der Waals surface area (Å²) in [6.45, 7) is 5.37. The molecule has 6 heteroatoms. The second kappa shape index (κ2) is 7.50. The molecule has 6 nitrogen and oxygen atoms in total. The molecule has 0 spiro atoms. The zero-order valence-electron chi connectivity index (χ0n) is 15.2. The van der Waals surface area contributed by atoms with Crippen LogP contribution in [-0.4, -0.2) is 53.5 Å². The minimum atomic E-state index is -0.247. The van der Waals surface area contributed by atoms with Crippen LogP contribution in [0.4, 0.5) is 11.8 Å². The number of rotatable bonds is 4. The summed E-state index contributed by atoms with van der Waals surface area (Å²) in [6, 6.07) is 10.2. The molecule has 0 bridgehead atoms. The number of aliphatic hydroxyl groups excluding tert-OH is 1. The third-order valence-corrected chi connectivity index (χ3v) is 5.13. The molecule has 4 rings (SSSR count). The maximum Gasteiger partial charge on any atom is 0.227 e. The first-order valence-corrected chi connectivity index (χ1v) is 9.42. The van der Waals surface area contributed by atoms with Gasteiger partial charge in [0.2, 0.25) is 5.95 Å². The predicted molar refractivity (Wildman–Crippen MR) is 102 cm³/mol. The molecule has 2 saturated heterocycles. The lowest BCUT2D eigenvalue weighted by molar-refractivity contribution is 0.170. The summed E-state index contributed by atoms with van der Waals surface area (Å²) in [4.78, 5) is 13.5. The first-order valence-electron chi connectivity index (χ1n) is 9.42. The normalized spacial score (nSPS) is 21.2. The molecule has 1 N–H and O–H groups in total. The largest absolute Gasteiger partial charge is 0.490 e. The fourth-order valence-electron chi connectivity index (χ4n) is 3.67. The number of hydrogen-bond donors (Lipinski definition) is 1. The van der Waals surface area contributed by atoms with Gasteiger partial charge in [0.15, 0.2) is 0 Å². The summed E-state index contributed by atoms with van der Waals surface area (Å²) in [7, 11) is 0. The summed E-state index contributed by atoms with van der Waals surface area (Å²) < 4.78 is 6.13. The predicted octanol–water partition coefficient (Wildman–Crippen LogP) is 2.40. The number of hydrogen-bond acceptors (Lipinski definition) is 6. The van der Waals surface area contributed by atoms with Crippen LogP contribution in [-0.2, 0) is 0 Å². The number of nitrogens with zero attached hydrogens (tertiary/aromatic N) is 4. The van der Waals surface area contributed by atoms with Gasteiger partial charge in [-0.3, -0.25) is 0 Å². The summed E-state index contributed by atoms with van der Waals surface area (Å²) >= 11 is 0. The molecule has 138 valence electrons. The number of β-amino-alcohol motifs (C(OH)–C–C–N with tert-alkyl or cyclic N) is 1. The van der Waals surface area contributed by atoms with E-state index in [1.807, 2.05) is 24.4 Å². The zero-order chi connectivity index (χ0) is 17.9. The second-order valence-electron chi connectivity index (χ2n) is 7.22. The zero-order valence-corrected chi connectivity index (χ0v) is 15.2. The second-order valence-corrected chi connectivity index (χ2v) is 7.22. The summed E-state index contributed by atoms with van der Waals surface area (Å²) in [5.41, 5.74) is 1.22.